The zero-order chi connectivity index (χ0) is 0. The van der Waals surface area contributed by atoms with Gasteiger partial charge in [0.1, 0.15) is 0 Å². The molecule has 0 bridgehead atoms. The van der Waals surface area contributed by atoms with Crippen molar-refractivity contribution in [2.24, 2.45) is 0 Å². The fraction of sp³-hybridized carbons (Fsp3) is 0. The zero-order valence-corrected chi connectivity index (χ0v) is 8.43. The van der Waals surface area contributed by atoms with Crippen molar-refractivity contribution in [2.75, 3.05) is 0 Å². The summed E-state index contributed by atoms with van der Waals surface area (Å²) in [5, 5.41) is 0. The second-order valence-electron chi connectivity index (χ2n) is 0. The third kappa shape index (κ3) is 23.3. The molecule has 0 aromatic rings. The molecule has 0 aromatic heterocycles. The van der Waals surface area contributed by atoms with Crippen LogP contribution in [0.4, 0.5) is 0 Å². The zero-order valence-electron chi connectivity index (χ0n) is 2.13. The Morgan fingerprint density at radius 2 is 0.800 bits per heavy atom. The SMILES string of the molecule is [Ni].[O-2].[O-2].[Sn].[Zr+4]. The molecule has 0 aliphatic carbocycles. The molecule has 2 nitrogen and oxygen atoms in total. The Morgan fingerprint density at radius 3 is 0.800 bits per heavy atom. The Morgan fingerprint density at radius 1 is 0.800 bits per heavy atom. The van der Waals surface area contributed by atoms with E-state index in [4.69, 9.17) is 0 Å². The Labute approximate surface area is 76.7 Å². The molecule has 5 heteroatoms. The van der Waals surface area contributed by atoms with E-state index in [2.05, 4.69) is 0 Å². The molecule has 0 aliphatic rings. The van der Waals surface area contributed by atoms with Crippen LogP contribution in [0.5, 0.6) is 0 Å². The summed E-state index contributed by atoms with van der Waals surface area (Å²) in [6.45, 7) is 0. The van der Waals surface area contributed by atoms with Crippen molar-refractivity contribution in [3.63, 3.8) is 0 Å². The van der Waals surface area contributed by atoms with Crippen LogP contribution in [-0.4, -0.2) is 23.9 Å². The Bertz CT molecular complexity index is 9.61. The van der Waals surface area contributed by atoms with Crippen molar-refractivity contribution in [3.05, 3.63) is 0 Å². The first-order valence-corrected chi connectivity index (χ1v) is 0. The minimum Gasteiger partial charge on any atom is -2.00 e. The monoisotopic (exact) mass is 300 g/mol. The van der Waals surface area contributed by atoms with Crippen molar-refractivity contribution in [2.45, 2.75) is 0 Å². The van der Waals surface area contributed by atoms with E-state index in [1.54, 1.807) is 0 Å². The molecule has 0 fully saturated rings. The summed E-state index contributed by atoms with van der Waals surface area (Å²) in [5.74, 6) is 0. The minimum atomic E-state index is 0. The van der Waals surface area contributed by atoms with E-state index in [0.29, 0.717) is 0 Å². The van der Waals surface area contributed by atoms with Crippen LogP contribution in [0.25, 0.3) is 0 Å². The van der Waals surface area contributed by atoms with Gasteiger partial charge >= 0.3 is 26.2 Å². The Balaban J connectivity index is 0. The van der Waals surface area contributed by atoms with Crippen molar-refractivity contribution < 1.29 is 53.6 Å². The van der Waals surface area contributed by atoms with Gasteiger partial charge in [-0.25, -0.2) is 0 Å². The number of hydrogen-bond donors (Lipinski definition) is 0. The van der Waals surface area contributed by atoms with Gasteiger partial charge in [-0.2, -0.15) is 0 Å². The van der Waals surface area contributed by atoms with E-state index in [-0.39, 0.29) is 77.6 Å². The van der Waals surface area contributed by atoms with Crippen LogP contribution in [0.3, 0.4) is 0 Å². The summed E-state index contributed by atoms with van der Waals surface area (Å²) in [5.41, 5.74) is 0. The van der Waals surface area contributed by atoms with E-state index in [1.165, 1.54) is 0 Å². The molecule has 0 saturated carbocycles. The molecular formula is NiO2SnZr. The number of rotatable bonds is 0. The molecule has 0 heterocycles. The second kappa shape index (κ2) is 36.0. The van der Waals surface area contributed by atoms with E-state index in [0.717, 1.165) is 0 Å². The van der Waals surface area contributed by atoms with Crippen molar-refractivity contribution in [3.8, 4) is 0 Å². The predicted molar refractivity (Wildman–Crippen MR) is 7.13 cm³/mol. The van der Waals surface area contributed by atoms with Gasteiger partial charge in [-0.3, -0.25) is 0 Å². The van der Waals surface area contributed by atoms with Gasteiger partial charge in [-0.1, -0.05) is 0 Å². The molecule has 0 amide bonds. The van der Waals surface area contributed by atoms with E-state index in [1.807, 2.05) is 0 Å². The maximum Gasteiger partial charge on any atom is 4.00 e. The predicted octanol–water partition coefficient (Wildman–Crippen LogP) is -0.623. The van der Waals surface area contributed by atoms with Gasteiger partial charge in [0.15, 0.2) is 0 Å². The van der Waals surface area contributed by atoms with Crippen LogP contribution in [-0.2, 0) is 53.6 Å². The van der Waals surface area contributed by atoms with Gasteiger partial charge in [-0.05, 0) is 0 Å². The first-order chi connectivity index (χ1) is 0. The molecule has 0 unspecified atom stereocenters. The molecule has 5 heavy (non-hydrogen) atoms. The largest absolute Gasteiger partial charge is 4.00 e. The maximum atomic E-state index is 0. The third-order valence-corrected chi connectivity index (χ3v) is 0. The summed E-state index contributed by atoms with van der Waals surface area (Å²) < 4.78 is 0. The van der Waals surface area contributed by atoms with E-state index < -0.39 is 0 Å². The van der Waals surface area contributed by atoms with Gasteiger partial charge in [0.25, 0.3) is 0 Å². The van der Waals surface area contributed by atoms with Gasteiger partial charge in [-0.15, -0.1) is 0 Å². The molecule has 0 aliphatic heterocycles. The maximum absolute atomic E-state index is 0. The summed E-state index contributed by atoms with van der Waals surface area (Å²) in [6, 6.07) is 0. The summed E-state index contributed by atoms with van der Waals surface area (Å²) in [4.78, 5) is 0. The van der Waals surface area contributed by atoms with Gasteiger partial charge in [0, 0.05) is 40.4 Å². The van der Waals surface area contributed by atoms with Crippen LogP contribution in [0.15, 0.2) is 0 Å². The van der Waals surface area contributed by atoms with Crippen LogP contribution in [0.1, 0.15) is 0 Å². The molecule has 0 aromatic carbocycles. The molecule has 0 atom stereocenters. The quantitative estimate of drug-likeness (QED) is 0.535. The number of hydrogen-bond acceptors (Lipinski definition) is 0. The molecular weight excluding hydrogens is 301 g/mol. The topological polar surface area (TPSA) is 57.0 Å². The van der Waals surface area contributed by atoms with Gasteiger partial charge in [0.2, 0.25) is 0 Å². The Hall–Kier alpha value is 2.10. The molecule has 0 spiro atoms. The van der Waals surface area contributed by atoms with Crippen molar-refractivity contribution in [1.82, 2.24) is 0 Å². The smallest absolute Gasteiger partial charge is 2.00 e. The third-order valence-electron chi connectivity index (χ3n) is 0. The minimum absolute atomic E-state index is 0. The van der Waals surface area contributed by atoms with Crippen molar-refractivity contribution in [1.29, 1.82) is 0 Å². The molecule has 0 N–H and O–H groups in total. The van der Waals surface area contributed by atoms with Crippen LogP contribution in [0, 0.1) is 0 Å². The average molecular weight is 301 g/mol. The van der Waals surface area contributed by atoms with Crippen LogP contribution in [0.2, 0.25) is 0 Å². The molecule has 0 rings (SSSR count). The first-order valence-electron chi connectivity index (χ1n) is 0. The fourth-order valence-electron chi connectivity index (χ4n) is 0. The van der Waals surface area contributed by atoms with Gasteiger partial charge in [0.05, 0.1) is 0 Å². The Kier molecular flexibility index (Phi) is 433. The molecule has 30 valence electrons. The molecule has 0 saturated heterocycles. The standard InChI is InChI=1S/Ni.2O.Sn.Zr/q;2*-2;;+4. The van der Waals surface area contributed by atoms with Crippen molar-refractivity contribution >= 4 is 23.9 Å². The summed E-state index contributed by atoms with van der Waals surface area (Å²) in [7, 11) is 0. The first kappa shape index (κ1) is 60.0. The summed E-state index contributed by atoms with van der Waals surface area (Å²) in [6.07, 6.45) is 0. The average Bonchev–Trinajstić information content (AvgIpc) is 0. The van der Waals surface area contributed by atoms with E-state index in [9.17, 15) is 0 Å². The fourth-order valence-corrected chi connectivity index (χ4v) is 0. The van der Waals surface area contributed by atoms with Crippen LogP contribution >= 0.6 is 0 Å². The normalized spacial score (nSPS) is 0. The second-order valence-corrected chi connectivity index (χ2v) is 0. The van der Waals surface area contributed by atoms with Gasteiger partial charge < -0.3 is 11.0 Å². The van der Waals surface area contributed by atoms with E-state index >= 15 is 0 Å². The molecule has 4 radical (unpaired) electrons. The van der Waals surface area contributed by atoms with Crippen LogP contribution < -0.4 is 0 Å². The summed E-state index contributed by atoms with van der Waals surface area (Å²) >= 11 is 0.